The number of benzene rings is 1. The number of Topliss-reactive ketones (excluding diaryl/α,β-unsaturated/α-hetero) is 1. The molecule has 0 radical (unpaired) electrons. The van der Waals surface area contributed by atoms with E-state index in [1.165, 1.54) is 0 Å². The van der Waals surface area contributed by atoms with Crippen molar-refractivity contribution >= 4 is 34.4 Å². The maximum absolute atomic E-state index is 13.0. The highest BCUT2D eigenvalue weighted by Crippen LogP contribution is 2.48. The average molecular weight is 410 g/mol. The van der Waals surface area contributed by atoms with E-state index in [2.05, 4.69) is 6.07 Å². The van der Waals surface area contributed by atoms with Crippen LogP contribution in [0.2, 0.25) is 5.02 Å². The Balaban J connectivity index is 2.00. The minimum absolute atomic E-state index is 0.0993. The highest BCUT2D eigenvalue weighted by atomic mass is 35.5. The Morgan fingerprint density at radius 3 is 2.71 bits per heavy atom. The van der Waals surface area contributed by atoms with Crippen molar-refractivity contribution in [2.45, 2.75) is 39.0 Å². The third-order valence-electron chi connectivity index (χ3n) is 5.44. The summed E-state index contributed by atoms with van der Waals surface area (Å²) < 4.78 is 0. The van der Waals surface area contributed by atoms with Crippen molar-refractivity contribution in [3.63, 3.8) is 0 Å². The second kappa shape index (κ2) is 7.12. The molecule has 4 nitrogen and oxygen atoms in total. The molecular formula is C22H20ClN3OS. The van der Waals surface area contributed by atoms with Crippen LogP contribution in [0.4, 0.5) is 5.69 Å². The summed E-state index contributed by atoms with van der Waals surface area (Å²) in [6.45, 7) is 3.95. The first kappa shape index (κ1) is 18.8. The standard InChI is InChI=1S/C22H20ClN3OS/c1-12-9-10-19(28-12)20-14(11-24)22(25)26(16-6-3-5-15(23)13(16)2)17-7-4-8-18(27)21(17)20/h3,5-6,9-10,20H,4,7-8,25H2,1-2H3. The van der Waals surface area contributed by atoms with Crippen LogP contribution in [-0.4, -0.2) is 5.78 Å². The molecule has 4 rings (SSSR count). The molecule has 2 heterocycles. The van der Waals surface area contributed by atoms with Gasteiger partial charge in [0.1, 0.15) is 5.82 Å². The summed E-state index contributed by atoms with van der Waals surface area (Å²) in [6, 6.07) is 11.9. The molecule has 0 saturated carbocycles. The smallest absolute Gasteiger partial charge is 0.161 e. The maximum Gasteiger partial charge on any atom is 0.161 e. The van der Waals surface area contributed by atoms with Crippen molar-refractivity contribution in [3.05, 3.63) is 73.3 Å². The number of thiophene rings is 1. The van der Waals surface area contributed by atoms with Gasteiger partial charge in [-0.05, 0) is 56.5 Å². The Labute approximate surface area is 173 Å². The van der Waals surface area contributed by atoms with Gasteiger partial charge in [-0.1, -0.05) is 17.7 Å². The number of nitrogens with two attached hydrogens (primary N) is 1. The summed E-state index contributed by atoms with van der Waals surface area (Å²) in [4.78, 5) is 17.0. The number of halogens is 1. The molecule has 1 aromatic heterocycles. The molecule has 0 amide bonds. The number of aryl methyl sites for hydroxylation is 1. The molecule has 2 aliphatic rings. The zero-order valence-corrected chi connectivity index (χ0v) is 17.3. The third kappa shape index (κ3) is 2.85. The molecule has 6 heteroatoms. The Morgan fingerprint density at radius 1 is 1.25 bits per heavy atom. The molecule has 0 spiro atoms. The van der Waals surface area contributed by atoms with Gasteiger partial charge in [0.25, 0.3) is 0 Å². The van der Waals surface area contributed by atoms with Crippen LogP contribution < -0.4 is 10.6 Å². The van der Waals surface area contributed by atoms with Gasteiger partial charge in [-0.15, -0.1) is 11.3 Å². The summed E-state index contributed by atoms with van der Waals surface area (Å²) in [5.41, 5.74) is 10.3. The largest absolute Gasteiger partial charge is 0.384 e. The van der Waals surface area contributed by atoms with Gasteiger partial charge in [-0.25, -0.2) is 0 Å². The lowest BCUT2D eigenvalue weighted by Gasteiger charge is -2.40. The molecule has 142 valence electrons. The van der Waals surface area contributed by atoms with Gasteiger partial charge in [0.15, 0.2) is 5.78 Å². The summed E-state index contributed by atoms with van der Waals surface area (Å²) >= 11 is 7.96. The van der Waals surface area contributed by atoms with E-state index in [1.54, 1.807) is 11.3 Å². The quantitative estimate of drug-likeness (QED) is 0.728. The van der Waals surface area contributed by atoms with E-state index < -0.39 is 0 Å². The fraction of sp³-hybridized carbons (Fsp3) is 0.273. The number of hydrogen-bond acceptors (Lipinski definition) is 5. The first-order valence-electron chi connectivity index (χ1n) is 9.21. The number of carbonyl (C=O) groups excluding carboxylic acids is 1. The Kier molecular flexibility index (Phi) is 4.78. The highest BCUT2D eigenvalue weighted by molar-refractivity contribution is 7.12. The molecular weight excluding hydrogens is 390 g/mol. The second-order valence-corrected chi connectivity index (χ2v) is 8.88. The summed E-state index contributed by atoms with van der Waals surface area (Å²) in [6.07, 6.45) is 2.02. The van der Waals surface area contributed by atoms with Crippen LogP contribution in [0.15, 0.2) is 53.0 Å². The van der Waals surface area contributed by atoms with E-state index in [1.807, 2.05) is 49.1 Å². The molecule has 1 aliphatic heterocycles. The molecule has 1 aliphatic carbocycles. The molecule has 28 heavy (non-hydrogen) atoms. The van der Waals surface area contributed by atoms with E-state index in [0.717, 1.165) is 39.5 Å². The highest BCUT2D eigenvalue weighted by Gasteiger charge is 2.41. The number of nitriles is 1. The third-order valence-corrected chi connectivity index (χ3v) is 6.91. The van der Waals surface area contributed by atoms with Crippen molar-refractivity contribution in [2.24, 2.45) is 5.73 Å². The van der Waals surface area contributed by atoms with Crippen LogP contribution >= 0.6 is 22.9 Å². The number of allylic oxidation sites excluding steroid dienone is 3. The van der Waals surface area contributed by atoms with Crippen LogP contribution in [0.25, 0.3) is 0 Å². The summed E-state index contributed by atoms with van der Waals surface area (Å²) in [7, 11) is 0. The Morgan fingerprint density at radius 2 is 2.04 bits per heavy atom. The Hall–Kier alpha value is -2.55. The zero-order chi connectivity index (χ0) is 20.0. The number of ketones is 1. The van der Waals surface area contributed by atoms with E-state index in [9.17, 15) is 10.1 Å². The number of anilines is 1. The summed E-state index contributed by atoms with van der Waals surface area (Å²) in [5, 5.41) is 10.6. The van der Waals surface area contributed by atoms with Gasteiger partial charge in [0.05, 0.1) is 23.2 Å². The van der Waals surface area contributed by atoms with Crippen LogP contribution in [0, 0.1) is 25.2 Å². The number of hydrogen-bond donors (Lipinski definition) is 1. The van der Waals surface area contributed by atoms with Gasteiger partial charge in [-0.3, -0.25) is 9.69 Å². The zero-order valence-electron chi connectivity index (χ0n) is 15.8. The van der Waals surface area contributed by atoms with Gasteiger partial charge < -0.3 is 5.73 Å². The van der Waals surface area contributed by atoms with E-state index in [0.29, 0.717) is 28.4 Å². The minimum atomic E-state index is -0.387. The predicted molar refractivity (Wildman–Crippen MR) is 113 cm³/mol. The van der Waals surface area contributed by atoms with Gasteiger partial charge in [-0.2, -0.15) is 5.26 Å². The number of carbonyl (C=O) groups is 1. The SMILES string of the molecule is Cc1ccc(C2C(C#N)=C(N)N(c3cccc(Cl)c3C)C3=C2C(=O)CCC3)s1. The van der Waals surface area contributed by atoms with E-state index in [4.69, 9.17) is 17.3 Å². The molecule has 0 saturated heterocycles. The number of rotatable bonds is 2. The molecule has 0 bridgehead atoms. The average Bonchev–Trinajstić information content (AvgIpc) is 3.10. The monoisotopic (exact) mass is 409 g/mol. The molecule has 1 aromatic carbocycles. The second-order valence-electron chi connectivity index (χ2n) is 7.15. The minimum Gasteiger partial charge on any atom is -0.384 e. The van der Waals surface area contributed by atoms with Crippen LogP contribution in [0.5, 0.6) is 0 Å². The lowest BCUT2D eigenvalue weighted by molar-refractivity contribution is -0.116. The van der Waals surface area contributed by atoms with Crippen LogP contribution in [0.1, 0.15) is 40.5 Å². The fourth-order valence-electron chi connectivity index (χ4n) is 4.09. The molecule has 0 fully saturated rings. The van der Waals surface area contributed by atoms with Crippen LogP contribution in [0.3, 0.4) is 0 Å². The van der Waals surface area contributed by atoms with Crippen molar-refractivity contribution in [1.29, 1.82) is 5.26 Å². The Bertz CT molecular complexity index is 1090. The van der Waals surface area contributed by atoms with Gasteiger partial charge >= 0.3 is 0 Å². The topological polar surface area (TPSA) is 70.1 Å². The number of nitrogens with zero attached hydrogens (tertiary/aromatic N) is 2. The first-order valence-corrected chi connectivity index (χ1v) is 10.4. The molecule has 1 atom stereocenters. The van der Waals surface area contributed by atoms with Crippen molar-refractivity contribution < 1.29 is 4.79 Å². The molecule has 2 N–H and O–H groups in total. The molecule has 1 unspecified atom stereocenters. The van der Waals surface area contributed by atoms with Crippen molar-refractivity contribution in [1.82, 2.24) is 0 Å². The van der Waals surface area contributed by atoms with Crippen molar-refractivity contribution in [2.75, 3.05) is 4.90 Å². The van der Waals surface area contributed by atoms with Crippen LogP contribution in [-0.2, 0) is 4.79 Å². The lowest BCUT2D eigenvalue weighted by atomic mass is 9.78. The van der Waals surface area contributed by atoms with Crippen molar-refractivity contribution in [3.8, 4) is 6.07 Å². The molecule has 2 aromatic rings. The summed E-state index contributed by atoms with van der Waals surface area (Å²) in [5.74, 6) is 0.0989. The van der Waals surface area contributed by atoms with Gasteiger partial charge in [0, 0.05) is 32.5 Å². The van der Waals surface area contributed by atoms with Gasteiger partial charge in [0.2, 0.25) is 0 Å². The van der Waals surface area contributed by atoms with E-state index >= 15 is 0 Å². The lowest BCUT2D eigenvalue weighted by Crippen LogP contribution is -2.38. The fourth-order valence-corrected chi connectivity index (χ4v) is 5.26. The predicted octanol–water partition coefficient (Wildman–Crippen LogP) is 5.32. The normalized spacial score (nSPS) is 19.7. The first-order chi connectivity index (χ1) is 13.4. The van der Waals surface area contributed by atoms with E-state index in [-0.39, 0.29) is 11.7 Å². The maximum atomic E-state index is 13.0.